The van der Waals surface area contributed by atoms with Crippen molar-refractivity contribution in [1.82, 2.24) is 20.9 Å². The van der Waals surface area contributed by atoms with Crippen molar-refractivity contribution in [1.29, 1.82) is 0 Å². The summed E-state index contributed by atoms with van der Waals surface area (Å²) in [5.41, 5.74) is 1.70. The predicted octanol–water partition coefficient (Wildman–Crippen LogP) is 5.58. The third kappa shape index (κ3) is 11.2. The second-order valence-electron chi connectivity index (χ2n) is 17.3. The molecule has 10 nitrogen and oxygen atoms in total. The van der Waals surface area contributed by atoms with Crippen LogP contribution in [0.1, 0.15) is 77.3 Å². The summed E-state index contributed by atoms with van der Waals surface area (Å²) < 4.78 is 7.01. The van der Waals surface area contributed by atoms with Crippen LogP contribution < -0.4 is 26.3 Å². The number of nitrogens with zero attached hydrogens (tertiary/aromatic N) is 1. The molecule has 4 aromatic carbocycles. The maximum absolute atomic E-state index is 14.3. The quantitative estimate of drug-likeness (QED) is 0.0863. The molecule has 2 aliphatic rings. The van der Waals surface area contributed by atoms with Crippen LogP contribution in [0.3, 0.4) is 0 Å². The Morgan fingerprint density at radius 2 is 1.20 bits per heavy atom. The van der Waals surface area contributed by atoms with Gasteiger partial charge in [-0.15, -0.1) is 0 Å². The van der Waals surface area contributed by atoms with Gasteiger partial charge in [0.2, 0.25) is 23.6 Å². The molecule has 0 spiro atoms. The van der Waals surface area contributed by atoms with E-state index in [-0.39, 0.29) is 36.0 Å². The third-order valence-corrected chi connectivity index (χ3v) is 17.0. The van der Waals surface area contributed by atoms with Crippen LogP contribution >= 0.6 is 0 Å². The van der Waals surface area contributed by atoms with Crippen LogP contribution in [0.15, 0.2) is 133 Å². The van der Waals surface area contributed by atoms with Crippen LogP contribution in [0, 0.1) is 0 Å². The number of allylic oxidation sites excluding steroid dienone is 1. The number of fused-ring (bicyclic) bond motifs is 1. The van der Waals surface area contributed by atoms with Crippen molar-refractivity contribution in [3.63, 3.8) is 0 Å². The minimum Gasteiger partial charge on any atom is -0.397 e. The minimum absolute atomic E-state index is 0.160. The van der Waals surface area contributed by atoms with Crippen molar-refractivity contribution in [3.05, 3.63) is 145 Å². The standard InChI is InChI=1S/C50H60N4O6Si/c1-36(60-61(50(2,3)4,39-26-14-7-15-27-39)40-28-16-8-17-29-40)45(55)32-19-9-18-30-41-46(56)52-42(34-37-22-10-5-11-23-37)47(57)53-43(35-38-24-12-6-13-25-38)49(59)54-33-21-20-31-44(54)48(58)51-41/h5-8,10-17,19,22-29,32,36,41-44H,9,18,20-21,30-31,33-35H2,1-4H3,(H,51,58)(H,52,56)(H,53,57)/b32-19+/t36-,41+,42+,43+,44-/m1/s1. The van der Waals surface area contributed by atoms with E-state index < -0.39 is 56.3 Å². The second kappa shape index (κ2) is 20.7. The number of nitrogens with one attached hydrogen (secondary N) is 3. The number of carbonyl (C=O) groups is 5. The highest BCUT2D eigenvalue weighted by atomic mass is 28.4. The molecule has 6 rings (SSSR count). The van der Waals surface area contributed by atoms with E-state index in [1.165, 1.54) is 0 Å². The van der Waals surface area contributed by atoms with E-state index in [0.717, 1.165) is 34.3 Å². The highest BCUT2D eigenvalue weighted by Crippen LogP contribution is 2.37. The van der Waals surface area contributed by atoms with Gasteiger partial charge in [0.1, 0.15) is 30.3 Å². The molecule has 0 radical (unpaired) electrons. The monoisotopic (exact) mass is 840 g/mol. The van der Waals surface area contributed by atoms with Gasteiger partial charge in [0.05, 0.1) is 0 Å². The van der Waals surface area contributed by atoms with E-state index in [9.17, 15) is 24.0 Å². The van der Waals surface area contributed by atoms with Crippen molar-refractivity contribution >= 4 is 48.1 Å². The maximum Gasteiger partial charge on any atom is 0.262 e. The van der Waals surface area contributed by atoms with E-state index in [4.69, 9.17) is 4.43 Å². The van der Waals surface area contributed by atoms with Crippen molar-refractivity contribution < 1.29 is 28.4 Å². The number of ketones is 1. The Kier molecular flexibility index (Phi) is 15.3. The molecular formula is C50H60N4O6Si. The second-order valence-corrected chi connectivity index (χ2v) is 21.5. The van der Waals surface area contributed by atoms with E-state index in [0.29, 0.717) is 25.8 Å². The summed E-state index contributed by atoms with van der Waals surface area (Å²) >= 11 is 0. The van der Waals surface area contributed by atoms with E-state index in [1.807, 2.05) is 104 Å². The first kappa shape index (κ1) is 44.9. The Morgan fingerprint density at radius 1 is 0.705 bits per heavy atom. The zero-order valence-corrected chi connectivity index (χ0v) is 36.8. The molecule has 0 unspecified atom stereocenters. The van der Waals surface area contributed by atoms with Gasteiger partial charge in [-0.25, -0.2) is 0 Å². The predicted molar refractivity (Wildman–Crippen MR) is 242 cm³/mol. The molecule has 0 aliphatic carbocycles. The number of piperidine rings is 1. The molecule has 3 N–H and O–H groups in total. The van der Waals surface area contributed by atoms with Gasteiger partial charge in [0.25, 0.3) is 8.32 Å². The normalized spacial score (nSPS) is 21.0. The molecular weight excluding hydrogens is 781 g/mol. The number of carbonyl (C=O) groups excluding carboxylic acids is 5. The van der Waals surface area contributed by atoms with E-state index >= 15 is 0 Å². The number of hydrogen-bond acceptors (Lipinski definition) is 6. The first-order chi connectivity index (χ1) is 29.4. The maximum atomic E-state index is 14.3. The lowest BCUT2D eigenvalue weighted by molar-refractivity contribution is -0.146. The molecule has 5 atom stereocenters. The highest BCUT2D eigenvalue weighted by Gasteiger charge is 2.51. The molecule has 0 bridgehead atoms. The van der Waals surface area contributed by atoms with Gasteiger partial charge in [-0.2, -0.15) is 0 Å². The van der Waals surface area contributed by atoms with Crippen molar-refractivity contribution in [3.8, 4) is 0 Å². The Morgan fingerprint density at radius 3 is 1.75 bits per heavy atom. The first-order valence-corrected chi connectivity index (χ1v) is 23.6. The van der Waals surface area contributed by atoms with E-state index in [2.05, 4.69) is 61.0 Å². The van der Waals surface area contributed by atoms with E-state index in [1.54, 1.807) is 17.1 Å². The lowest BCUT2D eigenvalue weighted by Gasteiger charge is -2.44. The topological polar surface area (TPSA) is 134 Å². The number of benzene rings is 4. The SMILES string of the molecule is C[C@@H](O[Si](c1ccccc1)(c1ccccc1)C(C)(C)C)C(=O)/C=C/CCC[C@@H]1NC(=O)[C@H]2CCCCN2C(=O)[C@H](Cc2ccccc2)NC(=O)[C@H](Cc2ccccc2)NC1=O. The number of rotatable bonds is 14. The van der Waals surface area contributed by atoms with Gasteiger partial charge in [0.15, 0.2) is 5.78 Å². The highest BCUT2D eigenvalue weighted by molar-refractivity contribution is 6.99. The molecule has 0 saturated carbocycles. The molecule has 61 heavy (non-hydrogen) atoms. The Balaban J connectivity index is 1.18. The molecule has 320 valence electrons. The summed E-state index contributed by atoms with van der Waals surface area (Å²) in [5, 5.41) is 10.8. The van der Waals surface area contributed by atoms with Crippen LogP contribution in [-0.2, 0) is 41.2 Å². The fraction of sp³-hybridized carbons (Fsp3) is 0.380. The number of amides is 4. The molecule has 2 heterocycles. The van der Waals surface area contributed by atoms with Crippen LogP contribution in [-0.4, -0.2) is 79.4 Å². The summed E-state index contributed by atoms with van der Waals surface area (Å²) in [6.07, 6.45) is 6.17. The molecule has 2 aliphatic heterocycles. The fourth-order valence-electron chi connectivity index (χ4n) is 8.65. The summed E-state index contributed by atoms with van der Waals surface area (Å²) in [7, 11) is -2.96. The van der Waals surface area contributed by atoms with Crippen LogP contribution in [0.5, 0.6) is 0 Å². The zero-order chi connectivity index (χ0) is 43.4. The molecule has 2 fully saturated rings. The molecule has 11 heteroatoms. The summed E-state index contributed by atoms with van der Waals surface area (Å²) in [6.45, 7) is 8.70. The minimum atomic E-state index is -2.96. The number of unbranched alkanes of at least 4 members (excludes halogenated alkanes) is 1. The van der Waals surface area contributed by atoms with Crippen molar-refractivity contribution in [2.75, 3.05) is 6.54 Å². The zero-order valence-electron chi connectivity index (χ0n) is 35.8. The molecule has 4 aromatic rings. The summed E-state index contributed by atoms with van der Waals surface area (Å²) in [4.78, 5) is 72.0. The Bertz CT molecular complexity index is 2090. The average molecular weight is 841 g/mol. The van der Waals surface area contributed by atoms with Crippen molar-refractivity contribution in [2.45, 2.75) is 114 Å². The van der Waals surface area contributed by atoms with Gasteiger partial charge in [-0.05, 0) is 78.1 Å². The third-order valence-electron chi connectivity index (χ3n) is 11.9. The summed E-state index contributed by atoms with van der Waals surface area (Å²) in [6, 6.07) is 35.5. The molecule has 2 saturated heterocycles. The molecule has 0 aromatic heterocycles. The largest absolute Gasteiger partial charge is 0.397 e. The van der Waals surface area contributed by atoms with Gasteiger partial charge < -0.3 is 25.3 Å². The van der Waals surface area contributed by atoms with Crippen LogP contribution in [0.25, 0.3) is 0 Å². The van der Waals surface area contributed by atoms with Gasteiger partial charge in [-0.3, -0.25) is 24.0 Å². The fourth-order valence-corrected chi connectivity index (χ4v) is 13.3. The van der Waals surface area contributed by atoms with Gasteiger partial charge >= 0.3 is 0 Å². The lowest BCUT2D eigenvalue weighted by atomic mass is 9.96. The van der Waals surface area contributed by atoms with Gasteiger partial charge in [0, 0.05) is 19.4 Å². The first-order valence-electron chi connectivity index (χ1n) is 21.7. The van der Waals surface area contributed by atoms with Crippen LogP contribution in [0.2, 0.25) is 5.04 Å². The lowest BCUT2D eigenvalue weighted by Crippen LogP contribution is -2.68. The average Bonchev–Trinajstić information content (AvgIpc) is 3.27. The number of hydrogen-bond donors (Lipinski definition) is 3. The van der Waals surface area contributed by atoms with Gasteiger partial charge in [-0.1, -0.05) is 148 Å². The van der Waals surface area contributed by atoms with Crippen LogP contribution in [0.4, 0.5) is 0 Å². The Hall–Kier alpha value is -5.65. The summed E-state index contributed by atoms with van der Waals surface area (Å²) in [5.74, 6) is -1.82. The van der Waals surface area contributed by atoms with Crippen molar-refractivity contribution in [2.24, 2.45) is 0 Å². The smallest absolute Gasteiger partial charge is 0.262 e. The Labute approximate surface area is 361 Å². The molecule has 4 amide bonds.